The van der Waals surface area contributed by atoms with E-state index in [2.05, 4.69) is 34.9 Å². The summed E-state index contributed by atoms with van der Waals surface area (Å²) in [6.07, 6.45) is -1.18. The highest BCUT2D eigenvalue weighted by Crippen LogP contribution is 2.39. The summed E-state index contributed by atoms with van der Waals surface area (Å²) >= 11 is 0. The monoisotopic (exact) mass is 779 g/mol. The van der Waals surface area contributed by atoms with Crippen LogP contribution in [0.15, 0.2) is 104 Å². The Bertz CT molecular complexity index is 2130. The molecule has 0 saturated carbocycles. The molecule has 5 aromatic rings. The van der Waals surface area contributed by atoms with Crippen molar-refractivity contribution < 1.29 is 42.9 Å². The molecule has 3 aromatic carbocycles. The Kier molecular flexibility index (Phi) is 12.8. The normalized spacial score (nSPS) is 17.9. The van der Waals surface area contributed by atoms with E-state index in [4.69, 9.17) is 29.4 Å². The summed E-state index contributed by atoms with van der Waals surface area (Å²) in [4.78, 5) is 61.5. The Labute approximate surface area is 325 Å². The third kappa shape index (κ3) is 9.97. The van der Waals surface area contributed by atoms with Crippen LogP contribution >= 0.6 is 0 Å². The molecular weight excluding hydrogens is 735 g/mol. The van der Waals surface area contributed by atoms with Crippen molar-refractivity contribution in [1.29, 1.82) is 0 Å². The number of nitrogens with one attached hydrogen (secondary N) is 1. The number of hydrogen-bond donors (Lipinski definition) is 2. The first-order chi connectivity index (χ1) is 27.0. The van der Waals surface area contributed by atoms with E-state index in [1.54, 1.807) is 102 Å². The predicted molar refractivity (Wildman–Crippen MR) is 210 cm³/mol. The summed E-state index contributed by atoms with van der Waals surface area (Å²) in [6.45, 7) is 6.99. The second-order valence-corrected chi connectivity index (χ2v) is 20.1. The van der Waals surface area contributed by atoms with Crippen LogP contribution in [0.25, 0.3) is 11.0 Å². The molecule has 292 valence electrons. The van der Waals surface area contributed by atoms with Gasteiger partial charge in [0.25, 0.3) is 0 Å². The zero-order valence-electron chi connectivity index (χ0n) is 31.5. The fourth-order valence-corrected chi connectivity index (χ4v) is 6.94. The quantitative estimate of drug-likeness (QED) is 0.0531. The molecule has 1 saturated heterocycles. The van der Waals surface area contributed by atoms with E-state index in [-0.39, 0.29) is 23.6 Å². The number of ether oxygens (including phenoxy) is 5. The predicted octanol–water partition coefficient (Wildman–Crippen LogP) is 6.22. The molecule has 0 spiro atoms. The first-order valence-corrected chi connectivity index (χ1v) is 22.1. The van der Waals surface area contributed by atoms with Crippen molar-refractivity contribution in [1.82, 2.24) is 19.9 Å². The minimum absolute atomic E-state index is 0.207. The molecule has 0 bridgehead atoms. The number of nitrogen functional groups attached to an aromatic ring is 1. The number of anilines is 1. The molecule has 0 unspecified atom stereocenters. The molecule has 1 fully saturated rings. The number of fused-ring (bicyclic) bond motifs is 1. The third-order valence-electron chi connectivity index (χ3n) is 9.15. The number of aromatic nitrogens is 3. The van der Waals surface area contributed by atoms with Crippen molar-refractivity contribution >= 4 is 48.9 Å². The first-order valence-electron chi connectivity index (χ1n) is 18.4. The average Bonchev–Trinajstić information content (AvgIpc) is 3.73. The highest BCUT2D eigenvalue weighted by molar-refractivity contribution is 6.76. The molecule has 56 heavy (non-hydrogen) atoms. The van der Waals surface area contributed by atoms with Crippen molar-refractivity contribution in [3.05, 3.63) is 126 Å². The average molecular weight is 780 g/mol. The van der Waals surface area contributed by atoms with Crippen LogP contribution in [0.5, 0.6) is 0 Å². The summed E-state index contributed by atoms with van der Waals surface area (Å²) < 4.78 is 31.5. The smallest absolute Gasteiger partial charge is 0.407 e. The van der Waals surface area contributed by atoms with E-state index in [0.29, 0.717) is 42.6 Å². The van der Waals surface area contributed by atoms with Crippen LogP contribution < -0.4 is 11.1 Å². The minimum Gasteiger partial charge on any atom is -0.459 e. The summed E-state index contributed by atoms with van der Waals surface area (Å²) in [5, 5.41) is 3.34. The highest BCUT2D eigenvalue weighted by Gasteiger charge is 2.52. The van der Waals surface area contributed by atoms with Gasteiger partial charge in [0.2, 0.25) is 0 Å². The lowest BCUT2D eigenvalue weighted by Gasteiger charge is -2.25. The van der Waals surface area contributed by atoms with E-state index in [9.17, 15) is 19.2 Å². The van der Waals surface area contributed by atoms with Crippen molar-refractivity contribution in [2.24, 2.45) is 0 Å². The van der Waals surface area contributed by atoms with E-state index < -0.39 is 56.6 Å². The van der Waals surface area contributed by atoms with Crippen molar-refractivity contribution in [2.45, 2.75) is 63.1 Å². The Morgan fingerprint density at radius 3 is 1.95 bits per heavy atom. The van der Waals surface area contributed by atoms with Gasteiger partial charge >= 0.3 is 24.0 Å². The SMILES string of the molecule is C[Si](C)(C)CCOC(=O)NCCCc1cn([C@@H]2O[C@H](COC(=O)c3ccccc3)[C@@H](OC(=O)c3ccccc3)[C@H]2OC(=O)c2ccccc2)c2ncnc(N)c12. The summed E-state index contributed by atoms with van der Waals surface area (Å²) in [5.74, 6) is -1.80. The van der Waals surface area contributed by atoms with Crippen molar-refractivity contribution in [3.8, 4) is 0 Å². The number of benzene rings is 3. The highest BCUT2D eigenvalue weighted by atomic mass is 28.3. The maximum absolute atomic E-state index is 13.7. The van der Waals surface area contributed by atoms with Crippen molar-refractivity contribution in [3.63, 3.8) is 0 Å². The van der Waals surface area contributed by atoms with Gasteiger partial charge in [0.15, 0.2) is 18.4 Å². The maximum Gasteiger partial charge on any atom is 0.407 e. The van der Waals surface area contributed by atoms with Crippen LogP contribution in [0.2, 0.25) is 25.7 Å². The standard InChI is InChI=1S/C41H45N5O9Si/c1-56(2,3)23-22-51-41(50)43-21-13-20-30-24-46(36-32(30)35(42)44-26-45-36)37-34(55-40(49)29-18-11-6-12-19-29)33(54-39(48)28-16-9-5-10-17-28)31(53-37)25-52-38(47)27-14-7-4-8-15-27/h4-12,14-19,24,26,31,33-34,37H,13,20-23,25H2,1-3H3,(H,43,50)(H2,42,44,45)/t31-,33-,34-,37-/m1/s1. The van der Waals surface area contributed by atoms with Crippen LogP contribution in [-0.2, 0) is 30.1 Å². The Morgan fingerprint density at radius 1 is 0.786 bits per heavy atom. The van der Waals surface area contributed by atoms with E-state index >= 15 is 0 Å². The van der Waals surface area contributed by atoms with Crippen LogP contribution in [0.3, 0.4) is 0 Å². The molecular formula is C41H45N5O9Si. The van der Waals surface area contributed by atoms with E-state index in [1.165, 1.54) is 6.33 Å². The number of carbonyl (C=O) groups is 4. The lowest BCUT2D eigenvalue weighted by molar-refractivity contribution is -0.0604. The number of nitrogens with zero attached hydrogens (tertiary/aromatic N) is 3. The van der Waals surface area contributed by atoms with E-state index in [1.807, 2.05) is 0 Å². The summed E-state index contributed by atoms with van der Waals surface area (Å²) in [5.41, 5.74) is 8.35. The number of alkyl carbamates (subject to hydrolysis) is 1. The second-order valence-electron chi connectivity index (χ2n) is 14.5. The number of hydrogen-bond acceptors (Lipinski definition) is 12. The minimum atomic E-state index is -1.35. The lowest BCUT2D eigenvalue weighted by Crippen LogP contribution is -2.41. The van der Waals surface area contributed by atoms with Gasteiger partial charge in [-0.05, 0) is 60.8 Å². The molecule has 4 atom stereocenters. The van der Waals surface area contributed by atoms with Gasteiger partial charge in [-0.25, -0.2) is 29.1 Å². The number of esters is 3. The number of rotatable bonds is 15. The fourth-order valence-electron chi connectivity index (χ4n) is 6.22. The number of amides is 1. The van der Waals surface area contributed by atoms with Crippen molar-refractivity contribution in [2.75, 3.05) is 25.5 Å². The number of aryl methyl sites for hydroxylation is 1. The van der Waals surface area contributed by atoms with Gasteiger partial charge in [-0.3, -0.25) is 0 Å². The molecule has 15 heteroatoms. The third-order valence-corrected chi connectivity index (χ3v) is 10.9. The molecule has 3 heterocycles. The Morgan fingerprint density at radius 2 is 1.36 bits per heavy atom. The molecule has 0 aliphatic carbocycles. The van der Waals surface area contributed by atoms with Gasteiger partial charge in [0.1, 0.15) is 30.5 Å². The van der Waals surface area contributed by atoms with Gasteiger partial charge in [-0.15, -0.1) is 0 Å². The van der Waals surface area contributed by atoms with Gasteiger partial charge < -0.3 is 39.3 Å². The topological polar surface area (TPSA) is 183 Å². The zero-order valence-corrected chi connectivity index (χ0v) is 32.5. The lowest BCUT2D eigenvalue weighted by atomic mass is 10.1. The molecule has 1 aliphatic heterocycles. The zero-order chi connectivity index (χ0) is 39.7. The van der Waals surface area contributed by atoms with E-state index in [0.717, 1.165) is 11.6 Å². The van der Waals surface area contributed by atoms with Gasteiger partial charge in [0.05, 0.1) is 28.7 Å². The summed E-state index contributed by atoms with van der Waals surface area (Å²) in [6, 6.07) is 26.0. The van der Waals surface area contributed by atoms with Gasteiger partial charge in [0, 0.05) is 20.8 Å². The molecule has 3 N–H and O–H groups in total. The molecule has 14 nitrogen and oxygen atoms in total. The number of nitrogens with two attached hydrogens (primary N) is 1. The summed E-state index contributed by atoms with van der Waals surface area (Å²) in [7, 11) is -1.35. The Hall–Kier alpha value is -6.06. The maximum atomic E-state index is 13.7. The van der Waals surface area contributed by atoms with Crippen LogP contribution in [-0.4, -0.2) is 84.7 Å². The largest absolute Gasteiger partial charge is 0.459 e. The first kappa shape index (κ1) is 39.6. The van der Waals surface area contributed by atoms with Gasteiger partial charge in [-0.2, -0.15) is 0 Å². The Balaban J connectivity index is 1.31. The molecule has 1 aliphatic rings. The molecule has 0 radical (unpaired) electrons. The fraction of sp³-hybridized carbons (Fsp3) is 0.317. The molecule has 6 rings (SSSR count). The second kappa shape index (κ2) is 18.0. The van der Waals surface area contributed by atoms with Crippen LogP contribution in [0, 0.1) is 0 Å². The molecule has 1 amide bonds. The van der Waals surface area contributed by atoms with Gasteiger partial charge in [-0.1, -0.05) is 74.2 Å². The molecule has 2 aromatic heterocycles. The number of carbonyl (C=O) groups excluding carboxylic acids is 4. The van der Waals surface area contributed by atoms with Crippen LogP contribution in [0.4, 0.5) is 10.6 Å². The van der Waals surface area contributed by atoms with Crippen LogP contribution in [0.1, 0.15) is 49.3 Å².